The molecule has 0 aliphatic heterocycles. The first-order valence-corrected chi connectivity index (χ1v) is 10.1. The van der Waals surface area contributed by atoms with Gasteiger partial charge >= 0.3 is 0 Å². The largest absolute Gasteiger partial charge is 0.497 e. The topological polar surface area (TPSA) is 74.1 Å². The number of rotatable bonds is 7. The molecule has 0 atom stereocenters. The lowest BCUT2D eigenvalue weighted by atomic mass is 10.1. The second-order valence-electron chi connectivity index (χ2n) is 6.53. The number of ether oxygens (including phenoxy) is 3. The van der Waals surface area contributed by atoms with E-state index in [4.69, 9.17) is 19.2 Å². The quantitative estimate of drug-likeness (QED) is 0.481. The summed E-state index contributed by atoms with van der Waals surface area (Å²) >= 11 is 1.49. The average Bonchev–Trinajstić information content (AvgIpc) is 3.35. The summed E-state index contributed by atoms with van der Waals surface area (Å²) in [5.41, 5.74) is 3.18. The third kappa shape index (κ3) is 3.95. The number of methoxy groups -OCH3 is 3. The second kappa shape index (κ2) is 8.46. The van der Waals surface area contributed by atoms with Crippen molar-refractivity contribution in [3.63, 3.8) is 0 Å². The van der Waals surface area contributed by atoms with Gasteiger partial charge in [0, 0.05) is 28.5 Å². The summed E-state index contributed by atoms with van der Waals surface area (Å²) in [4.78, 5) is 18.0. The smallest absolute Gasteiger partial charge is 0.230 e. The number of hydrogen-bond donors (Lipinski definition) is 1. The normalized spacial score (nSPS) is 10.8. The maximum atomic E-state index is 12.5. The van der Waals surface area contributed by atoms with Crippen molar-refractivity contribution in [3.8, 4) is 28.5 Å². The van der Waals surface area contributed by atoms with E-state index in [0.717, 1.165) is 39.1 Å². The van der Waals surface area contributed by atoms with Crippen LogP contribution in [-0.4, -0.2) is 36.6 Å². The molecule has 8 heteroatoms. The Balaban J connectivity index is 1.56. The molecule has 30 heavy (non-hydrogen) atoms. The Kier molecular flexibility index (Phi) is 5.58. The number of fused-ring (bicyclic) bond motifs is 1. The zero-order valence-electron chi connectivity index (χ0n) is 16.8. The molecule has 4 aromatic rings. The van der Waals surface area contributed by atoms with Crippen LogP contribution in [-0.2, 0) is 11.2 Å². The van der Waals surface area contributed by atoms with Crippen LogP contribution in [0.1, 0.15) is 5.69 Å². The Morgan fingerprint density at radius 1 is 1.03 bits per heavy atom. The zero-order chi connectivity index (χ0) is 21.1. The molecule has 0 spiro atoms. The minimum Gasteiger partial charge on any atom is -0.497 e. The number of nitrogens with zero attached hydrogens (tertiary/aromatic N) is 2. The number of carbonyl (C=O) groups excluding carboxylic acids is 1. The van der Waals surface area contributed by atoms with Gasteiger partial charge in [-0.1, -0.05) is 0 Å². The molecule has 0 aliphatic carbocycles. The lowest BCUT2D eigenvalue weighted by molar-refractivity contribution is -0.115. The fraction of sp³-hybridized carbons (Fsp3) is 0.182. The Hall–Kier alpha value is -3.52. The van der Waals surface area contributed by atoms with Gasteiger partial charge in [0.25, 0.3) is 0 Å². The van der Waals surface area contributed by atoms with Crippen LogP contribution in [0.2, 0.25) is 0 Å². The Labute approximate surface area is 177 Å². The highest BCUT2D eigenvalue weighted by molar-refractivity contribution is 7.15. The number of anilines is 1. The number of amides is 1. The molecular formula is C22H21N3O4S. The zero-order valence-corrected chi connectivity index (χ0v) is 17.7. The monoisotopic (exact) mass is 423 g/mol. The van der Waals surface area contributed by atoms with Gasteiger partial charge in [-0.3, -0.25) is 9.20 Å². The van der Waals surface area contributed by atoms with E-state index in [1.807, 2.05) is 58.4 Å². The lowest BCUT2D eigenvalue weighted by Crippen LogP contribution is -2.15. The molecule has 0 bridgehead atoms. The van der Waals surface area contributed by atoms with Crippen molar-refractivity contribution in [3.05, 3.63) is 59.7 Å². The second-order valence-corrected chi connectivity index (χ2v) is 7.36. The lowest BCUT2D eigenvalue weighted by Gasteiger charge is -2.08. The molecular weight excluding hydrogens is 402 g/mol. The van der Waals surface area contributed by atoms with E-state index in [9.17, 15) is 4.79 Å². The molecule has 0 saturated carbocycles. The van der Waals surface area contributed by atoms with Crippen LogP contribution in [0.5, 0.6) is 17.2 Å². The van der Waals surface area contributed by atoms with Crippen LogP contribution >= 0.6 is 11.3 Å². The third-order valence-corrected chi connectivity index (χ3v) is 5.57. The van der Waals surface area contributed by atoms with Crippen molar-refractivity contribution in [2.24, 2.45) is 0 Å². The Morgan fingerprint density at radius 2 is 1.77 bits per heavy atom. The molecule has 1 N–H and O–H groups in total. The van der Waals surface area contributed by atoms with Crippen molar-refractivity contribution in [2.75, 3.05) is 26.6 Å². The summed E-state index contributed by atoms with van der Waals surface area (Å²) in [5, 5.41) is 4.85. The fourth-order valence-corrected chi connectivity index (χ4v) is 4.02. The third-order valence-electron chi connectivity index (χ3n) is 4.68. The number of benzene rings is 2. The van der Waals surface area contributed by atoms with Gasteiger partial charge in [0.2, 0.25) is 5.91 Å². The van der Waals surface area contributed by atoms with E-state index in [0.29, 0.717) is 5.75 Å². The molecule has 2 aromatic carbocycles. The van der Waals surface area contributed by atoms with E-state index >= 15 is 0 Å². The van der Waals surface area contributed by atoms with Crippen LogP contribution in [0.25, 0.3) is 16.2 Å². The SMILES string of the molecule is COc1ccc(NC(=O)Cc2csc3nc(-c4cc(OC)ccc4OC)cn23)cc1. The number of thiazole rings is 1. The summed E-state index contributed by atoms with van der Waals surface area (Å²) in [7, 11) is 4.85. The number of hydrogen-bond acceptors (Lipinski definition) is 6. The first-order valence-electron chi connectivity index (χ1n) is 9.23. The minimum atomic E-state index is -0.103. The van der Waals surface area contributed by atoms with Gasteiger partial charge in [-0.15, -0.1) is 11.3 Å². The van der Waals surface area contributed by atoms with Crippen LogP contribution in [0.4, 0.5) is 5.69 Å². The molecule has 1 amide bonds. The summed E-state index contributed by atoms with van der Waals surface area (Å²) in [6.07, 6.45) is 2.15. The van der Waals surface area contributed by atoms with E-state index < -0.39 is 0 Å². The van der Waals surface area contributed by atoms with Crippen molar-refractivity contribution >= 4 is 27.9 Å². The standard InChI is InChI=1S/C22H21N3O4S/c1-27-16-6-4-14(5-7-16)23-21(26)10-15-13-30-22-24-19(12-25(15)22)18-11-17(28-2)8-9-20(18)29-3/h4-9,11-13H,10H2,1-3H3,(H,23,26). The summed E-state index contributed by atoms with van der Waals surface area (Å²) in [6, 6.07) is 12.8. The van der Waals surface area contributed by atoms with Crippen LogP contribution in [0.3, 0.4) is 0 Å². The van der Waals surface area contributed by atoms with Crippen LogP contribution in [0, 0.1) is 0 Å². The molecule has 2 heterocycles. The van der Waals surface area contributed by atoms with E-state index in [1.54, 1.807) is 21.3 Å². The minimum absolute atomic E-state index is 0.103. The summed E-state index contributed by atoms with van der Waals surface area (Å²) in [5.74, 6) is 2.07. The highest BCUT2D eigenvalue weighted by atomic mass is 32.1. The Bertz CT molecular complexity index is 1180. The number of imidazole rings is 1. The first-order chi connectivity index (χ1) is 14.6. The highest BCUT2D eigenvalue weighted by Crippen LogP contribution is 2.34. The summed E-state index contributed by atoms with van der Waals surface area (Å²) < 4.78 is 17.9. The summed E-state index contributed by atoms with van der Waals surface area (Å²) in [6.45, 7) is 0. The number of aromatic nitrogens is 2. The van der Waals surface area contributed by atoms with Crippen molar-refractivity contribution in [1.82, 2.24) is 9.38 Å². The van der Waals surface area contributed by atoms with Gasteiger partial charge in [0.05, 0.1) is 33.4 Å². The fourth-order valence-electron chi connectivity index (χ4n) is 3.14. The van der Waals surface area contributed by atoms with Crippen molar-refractivity contribution in [1.29, 1.82) is 0 Å². The van der Waals surface area contributed by atoms with Gasteiger partial charge in [0.1, 0.15) is 17.2 Å². The van der Waals surface area contributed by atoms with Gasteiger partial charge in [-0.25, -0.2) is 4.98 Å². The average molecular weight is 423 g/mol. The predicted octanol–water partition coefficient (Wildman–Crippen LogP) is 4.27. The Morgan fingerprint density at radius 3 is 2.47 bits per heavy atom. The molecule has 2 aromatic heterocycles. The molecule has 0 aliphatic rings. The highest BCUT2D eigenvalue weighted by Gasteiger charge is 2.16. The molecule has 154 valence electrons. The van der Waals surface area contributed by atoms with Gasteiger partial charge < -0.3 is 19.5 Å². The van der Waals surface area contributed by atoms with E-state index in [2.05, 4.69) is 5.32 Å². The maximum Gasteiger partial charge on any atom is 0.230 e. The van der Waals surface area contributed by atoms with Gasteiger partial charge in [-0.2, -0.15) is 0 Å². The van der Waals surface area contributed by atoms with Crippen LogP contribution in [0.15, 0.2) is 54.0 Å². The van der Waals surface area contributed by atoms with Gasteiger partial charge in [-0.05, 0) is 42.5 Å². The first kappa shape index (κ1) is 19.8. The molecule has 0 saturated heterocycles. The van der Waals surface area contributed by atoms with Crippen LogP contribution < -0.4 is 19.5 Å². The molecule has 4 rings (SSSR count). The van der Waals surface area contributed by atoms with E-state index in [-0.39, 0.29) is 12.3 Å². The molecule has 0 unspecified atom stereocenters. The predicted molar refractivity (Wildman–Crippen MR) is 117 cm³/mol. The van der Waals surface area contributed by atoms with Gasteiger partial charge in [0.15, 0.2) is 4.96 Å². The molecule has 7 nitrogen and oxygen atoms in total. The molecule has 0 fully saturated rings. The van der Waals surface area contributed by atoms with Crippen molar-refractivity contribution in [2.45, 2.75) is 6.42 Å². The van der Waals surface area contributed by atoms with E-state index in [1.165, 1.54) is 11.3 Å². The molecule has 0 radical (unpaired) electrons. The maximum absolute atomic E-state index is 12.5. The number of carbonyl (C=O) groups is 1. The number of nitrogens with one attached hydrogen (secondary N) is 1. The van der Waals surface area contributed by atoms with Crippen molar-refractivity contribution < 1.29 is 19.0 Å².